The Hall–Kier alpha value is -1.53. The van der Waals surface area contributed by atoms with E-state index in [1.54, 1.807) is 7.85 Å². The van der Waals surface area contributed by atoms with Crippen LogP contribution in [0, 0.1) is 10.1 Å². The highest BCUT2D eigenvalue weighted by atomic mass is 19.4. The highest BCUT2D eigenvalue weighted by molar-refractivity contribution is 6.08. The van der Waals surface area contributed by atoms with Gasteiger partial charge in [-0.05, 0) is 11.6 Å². The molecule has 0 aromatic heterocycles. The fourth-order valence-electron chi connectivity index (χ4n) is 1.15. The minimum atomic E-state index is -4.55. The lowest BCUT2D eigenvalue weighted by Gasteiger charge is -2.07. The molecule has 0 spiro atoms. The Labute approximate surface area is 84.5 Å². The van der Waals surface area contributed by atoms with Gasteiger partial charge in [-0.2, -0.15) is 13.2 Å². The van der Waals surface area contributed by atoms with Crippen molar-refractivity contribution in [2.45, 2.75) is 12.5 Å². The van der Waals surface area contributed by atoms with Crippen molar-refractivity contribution in [2.24, 2.45) is 0 Å². The van der Waals surface area contributed by atoms with Gasteiger partial charge in [0.15, 0.2) is 0 Å². The number of halogens is 3. The molecule has 1 aromatic carbocycles. The normalized spacial score (nSPS) is 11.4. The molecule has 0 atom stereocenters. The molecule has 15 heavy (non-hydrogen) atoms. The van der Waals surface area contributed by atoms with E-state index in [1.165, 1.54) is 0 Å². The van der Waals surface area contributed by atoms with Crippen molar-refractivity contribution < 1.29 is 18.1 Å². The van der Waals surface area contributed by atoms with Crippen molar-refractivity contribution in [2.75, 3.05) is 0 Å². The molecule has 0 aliphatic heterocycles. The lowest BCUT2D eigenvalue weighted by Crippen LogP contribution is -2.06. The van der Waals surface area contributed by atoms with Gasteiger partial charge in [0.1, 0.15) is 7.85 Å². The summed E-state index contributed by atoms with van der Waals surface area (Å²) in [6, 6.07) is 2.61. The molecule has 1 aromatic rings. The number of rotatable bonds is 2. The molecular weight excluding hydrogens is 210 g/mol. The third-order valence-electron chi connectivity index (χ3n) is 1.92. The number of benzene rings is 1. The predicted molar refractivity (Wildman–Crippen MR) is 50.3 cm³/mol. The first-order valence-electron chi connectivity index (χ1n) is 4.20. The van der Waals surface area contributed by atoms with Crippen LogP contribution in [0.4, 0.5) is 18.9 Å². The molecule has 0 radical (unpaired) electrons. The number of nitrogens with zero attached hydrogens (tertiary/aromatic N) is 1. The van der Waals surface area contributed by atoms with Crippen LogP contribution in [-0.4, -0.2) is 12.8 Å². The van der Waals surface area contributed by atoms with Crippen LogP contribution in [0.1, 0.15) is 11.1 Å². The van der Waals surface area contributed by atoms with Crippen LogP contribution in [0.5, 0.6) is 0 Å². The lowest BCUT2D eigenvalue weighted by molar-refractivity contribution is -0.385. The molecule has 7 heteroatoms. The van der Waals surface area contributed by atoms with Crippen LogP contribution in [0.25, 0.3) is 0 Å². The Morgan fingerprint density at radius 3 is 2.33 bits per heavy atom. The molecule has 0 aliphatic rings. The quantitative estimate of drug-likeness (QED) is 0.430. The fourth-order valence-corrected chi connectivity index (χ4v) is 1.15. The molecule has 0 heterocycles. The first-order chi connectivity index (χ1) is 6.84. The maximum absolute atomic E-state index is 12.3. The molecule has 0 N–H and O–H groups in total. The second-order valence-electron chi connectivity index (χ2n) is 3.00. The molecule has 0 aliphatic carbocycles. The minimum absolute atomic E-state index is 0.302. The second-order valence-corrected chi connectivity index (χ2v) is 3.00. The molecule has 1 rings (SSSR count). The van der Waals surface area contributed by atoms with Crippen LogP contribution < -0.4 is 0 Å². The van der Waals surface area contributed by atoms with Gasteiger partial charge in [0.25, 0.3) is 5.69 Å². The van der Waals surface area contributed by atoms with Crippen LogP contribution in [0.3, 0.4) is 0 Å². The zero-order valence-electron chi connectivity index (χ0n) is 7.84. The van der Waals surface area contributed by atoms with E-state index in [2.05, 4.69) is 0 Å². The van der Waals surface area contributed by atoms with Crippen molar-refractivity contribution >= 4 is 13.5 Å². The molecule has 0 amide bonds. The molecule has 80 valence electrons. The number of non-ortho nitro benzene ring substituents is 1. The van der Waals surface area contributed by atoms with E-state index in [0.29, 0.717) is 17.9 Å². The number of nitro benzene ring substituents is 1. The van der Waals surface area contributed by atoms with Gasteiger partial charge in [0.2, 0.25) is 0 Å². The smallest absolute Gasteiger partial charge is 0.258 e. The molecule has 0 unspecified atom stereocenters. The number of nitro groups is 1. The number of hydrogen-bond donors (Lipinski definition) is 0. The standard InChI is InChI=1S/C8H7BF3NO2/c9-4-5-1-6(8(10,11)12)3-7(2-5)13(14)15/h1-3H,4,9H2. The lowest BCUT2D eigenvalue weighted by atomic mass is 9.95. The molecular formula is C8H7BF3NO2. The van der Waals surface area contributed by atoms with Crippen molar-refractivity contribution in [3.63, 3.8) is 0 Å². The summed E-state index contributed by atoms with van der Waals surface area (Å²) >= 11 is 0. The van der Waals surface area contributed by atoms with Crippen molar-refractivity contribution in [3.05, 3.63) is 39.4 Å². The Morgan fingerprint density at radius 1 is 1.33 bits per heavy atom. The minimum Gasteiger partial charge on any atom is -0.258 e. The van der Waals surface area contributed by atoms with Gasteiger partial charge in [0, 0.05) is 12.1 Å². The Kier molecular flexibility index (Phi) is 3.02. The zero-order valence-corrected chi connectivity index (χ0v) is 7.84. The van der Waals surface area contributed by atoms with Crippen LogP contribution in [0.15, 0.2) is 18.2 Å². The molecule has 0 saturated carbocycles. The van der Waals surface area contributed by atoms with E-state index in [-0.39, 0.29) is 0 Å². The summed E-state index contributed by atoms with van der Waals surface area (Å²) in [6.07, 6.45) is -4.22. The molecule has 0 saturated heterocycles. The Balaban J connectivity index is 3.30. The summed E-state index contributed by atoms with van der Waals surface area (Å²) in [5.41, 5.74) is -1.20. The maximum atomic E-state index is 12.3. The Bertz CT molecular complexity index is 392. The first kappa shape index (κ1) is 11.5. The van der Waals surface area contributed by atoms with E-state index >= 15 is 0 Å². The maximum Gasteiger partial charge on any atom is 0.416 e. The third kappa shape index (κ3) is 2.71. The van der Waals surface area contributed by atoms with Gasteiger partial charge in [-0.15, -0.1) is 0 Å². The summed E-state index contributed by atoms with van der Waals surface area (Å²) < 4.78 is 37.0. The van der Waals surface area contributed by atoms with Crippen molar-refractivity contribution in [1.82, 2.24) is 0 Å². The largest absolute Gasteiger partial charge is 0.416 e. The topological polar surface area (TPSA) is 43.1 Å². The summed E-state index contributed by atoms with van der Waals surface area (Å²) in [5.74, 6) is 0. The average Bonchev–Trinajstić information content (AvgIpc) is 2.15. The molecule has 3 nitrogen and oxygen atoms in total. The number of hydrogen-bond acceptors (Lipinski definition) is 2. The van der Waals surface area contributed by atoms with Gasteiger partial charge in [0.05, 0.1) is 10.5 Å². The Morgan fingerprint density at radius 2 is 1.93 bits per heavy atom. The van der Waals surface area contributed by atoms with Crippen LogP contribution >= 0.6 is 0 Å². The van der Waals surface area contributed by atoms with Crippen LogP contribution in [-0.2, 0) is 12.5 Å². The first-order valence-corrected chi connectivity index (χ1v) is 4.20. The highest BCUT2D eigenvalue weighted by Crippen LogP contribution is 2.32. The fraction of sp³-hybridized carbons (Fsp3) is 0.250. The third-order valence-corrected chi connectivity index (χ3v) is 1.92. The van der Waals surface area contributed by atoms with Crippen molar-refractivity contribution in [3.8, 4) is 0 Å². The van der Waals surface area contributed by atoms with E-state index in [4.69, 9.17) is 0 Å². The monoisotopic (exact) mass is 217 g/mol. The summed E-state index contributed by atoms with van der Waals surface area (Å²) in [4.78, 5) is 9.56. The second kappa shape index (κ2) is 3.92. The summed E-state index contributed by atoms with van der Waals surface area (Å²) in [6.45, 7) is 0. The highest BCUT2D eigenvalue weighted by Gasteiger charge is 2.32. The van der Waals surface area contributed by atoms with Gasteiger partial charge in [-0.3, -0.25) is 10.1 Å². The predicted octanol–water partition coefficient (Wildman–Crippen LogP) is 1.75. The van der Waals surface area contributed by atoms with Gasteiger partial charge in [-0.25, -0.2) is 0 Å². The molecule has 0 bridgehead atoms. The van der Waals surface area contributed by atoms with Gasteiger partial charge < -0.3 is 0 Å². The average molecular weight is 217 g/mol. The summed E-state index contributed by atoms with van der Waals surface area (Å²) in [5, 5.41) is 10.4. The van der Waals surface area contributed by atoms with E-state index in [0.717, 1.165) is 12.1 Å². The summed E-state index contributed by atoms with van der Waals surface area (Å²) in [7, 11) is 1.64. The van der Waals surface area contributed by atoms with E-state index in [9.17, 15) is 23.3 Å². The van der Waals surface area contributed by atoms with Gasteiger partial charge in [-0.1, -0.05) is 6.32 Å². The van der Waals surface area contributed by atoms with Crippen LogP contribution in [0.2, 0.25) is 0 Å². The number of alkyl halides is 3. The van der Waals surface area contributed by atoms with Gasteiger partial charge >= 0.3 is 6.18 Å². The van der Waals surface area contributed by atoms with E-state index in [1.807, 2.05) is 0 Å². The van der Waals surface area contributed by atoms with Crippen molar-refractivity contribution in [1.29, 1.82) is 0 Å². The van der Waals surface area contributed by atoms with E-state index < -0.39 is 22.4 Å². The zero-order chi connectivity index (χ0) is 11.6. The molecule has 0 fully saturated rings. The SMILES string of the molecule is BCc1cc([N+](=O)[O-])cc(C(F)(F)F)c1.